The van der Waals surface area contributed by atoms with Gasteiger partial charge in [0, 0.05) is 0 Å². The highest BCUT2D eigenvalue weighted by Crippen LogP contribution is 2.41. The minimum absolute atomic E-state index is 0.000335. The summed E-state index contributed by atoms with van der Waals surface area (Å²) in [5.74, 6) is -1.18. The molecule has 0 aromatic heterocycles. The van der Waals surface area contributed by atoms with Crippen LogP contribution >= 0.6 is 0 Å². The van der Waals surface area contributed by atoms with Gasteiger partial charge in [-0.25, -0.2) is 9.59 Å². The van der Waals surface area contributed by atoms with Gasteiger partial charge in [0.2, 0.25) is 5.91 Å². The van der Waals surface area contributed by atoms with Crippen LogP contribution in [0.2, 0.25) is 0 Å². The quantitative estimate of drug-likeness (QED) is 0.754. The molecule has 7 nitrogen and oxygen atoms in total. The zero-order chi connectivity index (χ0) is 18.8. The lowest BCUT2D eigenvalue weighted by Gasteiger charge is -2.22. The van der Waals surface area contributed by atoms with E-state index in [0.717, 1.165) is 5.56 Å². The number of ether oxygens (including phenoxy) is 3. The number of amides is 1. The second kappa shape index (κ2) is 6.96. The van der Waals surface area contributed by atoms with E-state index in [1.165, 1.54) is 19.1 Å². The highest BCUT2D eigenvalue weighted by atomic mass is 16.5. The Morgan fingerprint density at radius 1 is 1.00 bits per heavy atom. The summed E-state index contributed by atoms with van der Waals surface area (Å²) in [6.45, 7) is 3.29. The van der Waals surface area contributed by atoms with Gasteiger partial charge in [0.25, 0.3) is 0 Å². The Morgan fingerprint density at radius 2 is 1.56 bits per heavy atom. The first-order chi connectivity index (χ1) is 11.8. The third-order valence-corrected chi connectivity index (χ3v) is 4.18. The summed E-state index contributed by atoms with van der Waals surface area (Å²) in [6.07, 6.45) is 0. The van der Waals surface area contributed by atoms with Crippen LogP contribution in [0.15, 0.2) is 35.5 Å². The van der Waals surface area contributed by atoms with E-state index in [0.29, 0.717) is 5.75 Å². The average molecular weight is 347 g/mol. The van der Waals surface area contributed by atoms with Gasteiger partial charge >= 0.3 is 11.9 Å². The molecule has 2 rings (SSSR count). The van der Waals surface area contributed by atoms with Gasteiger partial charge in [-0.2, -0.15) is 0 Å². The zero-order valence-corrected chi connectivity index (χ0v) is 14.9. The van der Waals surface area contributed by atoms with E-state index in [2.05, 4.69) is 0 Å². The number of carbonyl (C=O) groups is 3. The van der Waals surface area contributed by atoms with Crippen molar-refractivity contribution >= 4 is 17.8 Å². The van der Waals surface area contributed by atoms with Crippen molar-refractivity contribution < 1.29 is 28.6 Å². The highest BCUT2D eigenvalue weighted by Gasteiger charge is 2.52. The smallest absolute Gasteiger partial charge is 0.355 e. The Labute approximate surface area is 146 Å². The molecule has 0 bridgehead atoms. The van der Waals surface area contributed by atoms with Crippen molar-refractivity contribution in [3.63, 3.8) is 0 Å². The lowest BCUT2D eigenvalue weighted by molar-refractivity contribution is -0.142. The first-order valence-corrected chi connectivity index (χ1v) is 7.64. The van der Waals surface area contributed by atoms with E-state index in [-0.39, 0.29) is 23.7 Å². The van der Waals surface area contributed by atoms with Crippen LogP contribution in [0.1, 0.15) is 19.4 Å². The van der Waals surface area contributed by atoms with Crippen LogP contribution in [-0.4, -0.2) is 44.1 Å². The number of esters is 2. The van der Waals surface area contributed by atoms with E-state index in [1.54, 1.807) is 45.2 Å². The maximum atomic E-state index is 12.9. The van der Waals surface area contributed by atoms with E-state index in [9.17, 15) is 14.4 Å². The summed E-state index contributed by atoms with van der Waals surface area (Å²) in [6, 6.07) is 7.07. The van der Waals surface area contributed by atoms with E-state index >= 15 is 0 Å². The summed E-state index contributed by atoms with van der Waals surface area (Å²) in [7, 11) is 3.96. The van der Waals surface area contributed by atoms with Crippen molar-refractivity contribution in [2.45, 2.75) is 20.4 Å². The lowest BCUT2D eigenvalue weighted by atomic mass is 9.85. The summed E-state index contributed by atoms with van der Waals surface area (Å²) >= 11 is 0. The number of methoxy groups -OCH3 is 3. The molecule has 1 amide bonds. The number of nitrogens with zero attached hydrogens (tertiary/aromatic N) is 1. The van der Waals surface area contributed by atoms with Gasteiger partial charge in [0.15, 0.2) is 0 Å². The first kappa shape index (κ1) is 18.5. The maximum absolute atomic E-state index is 12.9. The van der Waals surface area contributed by atoms with Crippen LogP contribution in [0.25, 0.3) is 0 Å². The van der Waals surface area contributed by atoms with Crippen LogP contribution in [0.3, 0.4) is 0 Å². The molecular formula is C18H21NO6. The number of benzene rings is 1. The van der Waals surface area contributed by atoms with Crippen molar-refractivity contribution in [2.24, 2.45) is 5.41 Å². The number of carbonyl (C=O) groups excluding carboxylic acids is 3. The topological polar surface area (TPSA) is 82.1 Å². The zero-order valence-electron chi connectivity index (χ0n) is 14.9. The molecule has 7 heteroatoms. The molecule has 0 saturated carbocycles. The van der Waals surface area contributed by atoms with Crippen LogP contribution in [0.5, 0.6) is 5.75 Å². The molecule has 0 spiro atoms. The van der Waals surface area contributed by atoms with Crippen molar-refractivity contribution in [1.82, 2.24) is 4.90 Å². The molecule has 1 aromatic rings. The fourth-order valence-corrected chi connectivity index (χ4v) is 2.80. The molecule has 0 fully saturated rings. The Hall–Kier alpha value is -2.83. The van der Waals surface area contributed by atoms with Crippen molar-refractivity contribution in [2.75, 3.05) is 21.3 Å². The Bertz CT molecular complexity index is 732. The van der Waals surface area contributed by atoms with E-state index in [4.69, 9.17) is 14.2 Å². The Balaban J connectivity index is 2.50. The lowest BCUT2D eigenvalue weighted by Crippen LogP contribution is -2.35. The molecule has 25 heavy (non-hydrogen) atoms. The molecule has 1 aromatic carbocycles. The molecule has 0 unspecified atom stereocenters. The van der Waals surface area contributed by atoms with E-state index in [1.807, 2.05) is 0 Å². The summed E-state index contributed by atoms with van der Waals surface area (Å²) in [5.41, 5.74) is -0.499. The predicted octanol–water partition coefficient (Wildman–Crippen LogP) is 1.66. The summed E-state index contributed by atoms with van der Waals surface area (Å²) < 4.78 is 14.7. The minimum Gasteiger partial charge on any atom is -0.497 e. The monoisotopic (exact) mass is 347 g/mol. The standard InChI is InChI=1S/C18H21NO6/c1-18(2)13(15(20)24-4)14(16(21)25-5)19(17(18)22)10-11-6-8-12(23-3)9-7-11/h6-9H,10H2,1-5H3. The van der Waals surface area contributed by atoms with Gasteiger partial charge in [0.1, 0.15) is 11.4 Å². The van der Waals surface area contributed by atoms with Gasteiger partial charge in [-0.3, -0.25) is 4.79 Å². The maximum Gasteiger partial charge on any atom is 0.355 e. The average Bonchev–Trinajstić information content (AvgIpc) is 2.81. The Kier molecular flexibility index (Phi) is 5.15. The fraction of sp³-hybridized carbons (Fsp3) is 0.389. The van der Waals surface area contributed by atoms with Crippen LogP contribution in [0.4, 0.5) is 0 Å². The van der Waals surface area contributed by atoms with Crippen molar-refractivity contribution in [1.29, 1.82) is 0 Å². The van der Waals surface area contributed by atoms with Crippen LogP contribution in [-0.2, 0) is 30.4 Å². The minimum atomic E-state index is -1.19. The molecular weight excluding hydrogens is 326 g/mol. The second-order valence-electron chi connectivity index (χ2n) is 6.07. The highest BCUT2D eigenvalue weighted by molar-refractivity contribution is 6.12. The SMILES string of the molecule is COC(=O)C1=C(C(=O)OC)C(C)(C)C(=O)N1Cc1ccc(OC)cc1. The predicted molar refractivity (Wildman–Crippen MR) is 88.4 cm³/mol. The van der Waals surface area contributed by atoms with Gasteiger partial charge < -0.3 is 19.1 Å². The molecule has 0 saturated heterocycles. The fourth-order valence-electron chi connectivity index (χ4n) is 2.80. The Morgan fingerprint density at radius 3 is 2.04 bits per heavy atom. The third-order valence-electron chi connectivity index (χ3n) is 4.18. The number of rotatable bonds is 5. The summed E-state index contributed by atoms with van der Waals surface area (Å²) in [4.78, 5) is 38.6. The van der Waals surface area contributed by atoms with E-state index < -0.39 is 17.4 Å². The van der Waals surface area contributed by atoms with Crippen LogP contribution < -0.4 is 4.74 Å². The van der Waals surface area contributed by atoms with Crippen molar-refractivity contribution in [3.8, 4) is 5.75 Å². The van der Waals surface area contributed by atoms with Crippen molar-refractivity contribution in [3.05, 3.63) is 41.1 Å². The molecule has 0 N–H and O–H groups in total. The molecule has 1 aliphatic heterocycles. The van der Waals surface area contributed by atoms with Gasteiger partial charge in [0.05, 0.1) is 38.9 Å². The molecule has 0 atom stereocenters. The summed E-state index contributed by atoms with van der Waals surface area (Å²) in [5, 5.41) is 0. The number of hydrogen-bond acceptors (Lipinski definition) is 6. The second-order valence-corrected chi connectivity index (χ2v) is 6.07. The van der Waals surface area contributed by atoms with Gasteiger partial charge in [-0.05, 0) is 31.5 Å². The molecule has 1 heterocycles. The molecule has 134 valence electrons. The van der Waals surface area contributed by atoms with Gasteiger partial charge in [-0.1, -0.05) is 12.1 Å². The third kappa shape index (κ3) is 3.22. The normalized spacial score (nSPS) is 16.0. The first-order valence-electron chi connectivity index (χ1n) is 7.64. The molecule has 0 radical (unpaired) electrons. The van der Waals surface area contributed by atoms with Crippen LogP contribution in [0, 0.1) is 5.41 Å². The molecule has 1 aliphatic rings. The largest absolute Gasteiger partial charge is 0.497 e. The van der Waals surface area contributed by atoms with Gasteiger partial charge in [-0.15, -0.1) is 0 Å². The molecule has 0 aliphatic carbocycles. The number of hydrogen-bond donors (Lipinski definition) is 0.